The number of hydrogen-bond donors (Lipinski definition) is 2. The maximum absolute atomic E-state index is 11.9. The number of carbonyl (C=O) groups excluding carboxylic acids is 2. The molecular formula is C11H10BrNO4. The maximum atomic E-state index is 11.9. The van der Waals surface area contributed by atoms with Crippen LogP contribution in [0.3, 0.4) is 0 Å². The molecule has 0 saturated carbocycles. The van der Waals surface area contributed by atoms with Crippen LogP contribution >= 0.6 is 15.9 Å². The molecule has 5 nitrogen and oxygen atoms in total. The summed E-state index contributed by atoms with van der Waals surface area (Å²) in [7, 11) is 0. The van der Waals surface area contributed by atoms with Gasteiger partial charge in [-0.1, -0.05) is 15.9 Å². The lowest BCUT2D eigenvalue weighted by molar-refractivity contribution is 0.0426. The summed E-state index contributed by atoms with van der Waals surface area (Å²) < 4.78 is 0.710. The number of halogens is 1. The Morgan fingerprint density at radius 3 is 2.53 bits per heavy atom. The maximum Gasteiger partial charge on any atom is 0.261 e. The molecule has 0 bridgehead atoms. The Morgan fingerprint density at radius 1 is 1.24 bits per heavy atom. The van der Waals surface area contributed by atoms with Crippen molar-refractivity contribution in [3.63, 3.8) is 0 Å². The summed E-state index contributed by atoms with van der Waals surface area (Å²) in [5.74, 6) is -0.885. The average Bonchev–Trinajstić information content (AvgIpc) is 2.54. The van der Waals surface area contributed by atoms with Crippen LogP contribution in [0.4, 0.5) is 0 Å². The van der Waals surface area contributed by atoms with Gasteiger partial charge >= 0.3 is 0 Å². The summed E-state index contributed by atoms with van der Waals surface area (Å²) in [5.41, 5.74) is 0.637. The second-order valence-corrected chi connectivity index (χ2v) is 4.66. The van der Waals surface area contributed by atoms with Gasteiger partial charge < -0.3 is 10.2 Å². The molecular weight excluding hydrogens is 290 g/mol. The quantitative estimate of drug-likeness (QED) is 0.792. The van der Waals surface area contributed by atoms with E-state index in [4.69, 9.17) is 5.11 Å². The van der Waals surface area contributed by atoms with Crippen molar-refractivity contribution in [2.24, 2.45) is 0 Å². The minimum absolute atomic E-state index is 0.194. The van der Waals surface area contributed by atoms with E-state index in [1.165, 1.54) is 0 Å². The smallest absolute Gasteiger partial charge is 0.261 e. The van der Waals surface area contributed by atoms with Crippen LogP contribution in [0.15, 0.2) is 22.7 Å². The first-order valence-electron chi connectivity index (χ1n) is 4.99. The summed E-state index contributed by atoms with van der Waals surface area (Å²) >= 11 is 3.23. The van der Waals surface area contributed by atoms with Crippen molar-refractivity contribution in [3.8, 4) is 0 Å². The van der Waals surface area contributed by atoms with E-state index in [-0.39, 0.29) is 6.54 Å². The Hall–Kier alpha value is -1.24. The highest BCUT2D eigenvalue weighted by molar-refractivity contribution is 9.10. The number of nitrogens with zero attached hydrogens (tertiary/aromatic N) is 1. The molecule has 1 unspecified atom stereocenters. The molecule has 0 aromatic heterocycles. The van der Waals surface area contributed by atoms with Crippen LogP contribution in [-0.2, 0) is 0 Å². The molecule has 1 heterocycles. The molecule has 90 valence electrons. The number of carbonyl (C=O) groups is 2. The molecule has 0 fully saturated rings. The van der Waals surface area contributed by atoms with Crippen molar-refractivity contribution in [3.05, 3.63) is 33.8 Å². The summed E-state index contributed by atoms with van der Waals surface area (Å²) in [6.45, 7) is -0.683. The molecule has 2 amide bonds. The first-order valence-corrected chi connectivity index (χ1v) is 5.78. The van der Waals surface area contributed by atoms with Gasteiger partial charge in [0.15, 0.2) is 0 Å². The minimum Gasteiger partial charge on any atom is -0.394 e. The lowest BCUT2D eigenvalue weighted by Gasteiger charge is -2.16. The van der Waals surface area contributed by atoms with Crippen molar-refractivity contribution < 1.29 is 19.8 Å². The van der Waals surface area contributed by atoms with Gasteiger partial charge in [-0.05, 0) is 18.2 Å². The van der Waals surface area contributed by atoms with Crippen molar-refractivity contribution in [2.45, 2.75) is 6.10 Å². The fourth-order valence-corrected chi connectivity index (χ4v) is 2.06. The Bertz CT molecular complexity index is 488. The topological polar surface area (TPSA) is 77.8 Å². The van der Waals surface area contributed by atoms with Crippen molar-refractivity contribution in [1.29, 1.82) is 0 Å². The number of amides is 2. The molecule has 1 aliphatic heterocycles. The zero-order valence-corrected chi connectivity index (χ0v) is 10.3. The number of benzene rings is 1. The number of fused-ring (bicyclic) bond motifs is 1. The van der Waals surface area contributed by atoms with Gasteiger partial charge in [0, 0.05) is 4.47 Å². The van der Waals surface area contributed by atoms with Crippen LogP contribution in [0.25, 0.3) is 0 Å². The SMILES string of the molecule is O=C1c2ccc(Br)cc2C(=O)N1CC(O)CO. The second-order valence-electron chi connectivity index (χ2n) is 3.75. The fraction of sp³-hybridized carbons (Fsp3) is 0.273. The number of aliphatic hydroxyl groups excluding tert-OH is 2. The highest BCUT2D eigenvalue weighted by Crippen LogP contribution is 2.25. The Balaban J connectivity index is 2.32. The first kappa shape index (κ1) is 12.2. The van der Waals surface area contributed by atoms with E-state index < -0.39 is 24.5 Å². The third-order valence-electron chi connectivity index (χ3n) is 2.54. The number of hydrogen-bond acceptors (Lipinski definition) is 4. The Labute approximate surface area is 106 Å². The van der Waals surface area contributed by atoms with Gasteiger partial charge in [-0.25, -0.2) is 0 Å². The Kier molecular flexibility index (Phi) is 3.28. The Morgan fingerprint density at radius 2 is 1.88 bits per heavy atom. The van der Waals surface area contributed by atoms with Crippen LogP contribution < -0.4 is 0 Å². The average molecular weight is 300 g/mol. The lowest BCUT2D eigenvalue weighted by atomic mass is 10.1. The third-order valence-corrected chi connectivity index (χ3v) is 3.03. The molecule has 17 heavy (non-hydrogen) atoms. The summed E-state index contributed by atoms with van der Waals surface area (Å²) in [6.07, 6.45) is -1.11. The molecule has 0 spiro atoms. The van der Waals surface area contributed by atoms with E-state index in [1.807, 2.05) is 0 Å². The van der Waals surface area contributed by atoms with Gasteiger partial charge in [-0.3, -0.25) is 14.5 Å². The lowest BCUT2D eigenvalue weighted by Crippen LogP contribution is -2.38. The molecule has 1 aromatic rings. The molecule has 2 N–H and O–H groups in total. The third kappa shape index (κ3) is 2.11. The van der Waals surface area contributed by atoms with Crippen LogP contribution in [-0.4, -0.2) is 46.2 Å². The number of imide groups is 1. The van der Waals surface area contributed by atoms with Gasteiger partial charge in [0.1, 0.15) is 0 Å². The zero-order chi connectivity index (χ0) is 12.6. The molecule has 6 heteroatoms. The van der Waals surface area contributed by atoms with E-state index in [9.17, 15) is 14.7 Å². The number of β-amino-alcohol motifs (C(OH)–C–C–N with tert-alkyl or cyclic N) is 1. The second kappa shape index (κ2) is 4.56. The van der Waals surface area contributed by atoms with E-state index in [0.717, 1.165) is 4.90 Å². The summed E-state index contributed by atoms with van der Waals surface area (Å²) in [4.78, 5) is 24.7. The number of aliphatic hydroxyl groups is 2. The normalized spacial score (nSPS) is 16.3. The van der Waals surface area contributed by atoms with Crippen LogP contribution in [0, 0.1) is 0 Å². The van der Waals surface area contributed by atoms with E-state index in [1.54, 1.807) is 18.2 Å². The van der Waals surface area contributed by atoms with E-state index >= 15 is 0 Å². The zero-order valence-electron chi connectivity index (χ0n) is 8.76. The first-order chi connectivity index (χ1) is 8.04. The number of rotatable bonds is 3. The molecule has 2 rings (SSSR count). The van der Waals surface area contributed by atoms with Crippen molar-refractivity contribution in [2.75, 3.05) is 13.2 Å². The fourth-order valence-electron chi connectivity index (χ4n) is 1.70. The molecule has 1 aromatic carbocycles. The van der Waals surface area contributed by atoms with Crippen LogP contribution in [0.1, 0.15) is 20.7 Å². The summed E-state index contributed by atoms with van der Waals surface area (Å²) in [6, 6.07) is 4.81. The summed E-state index contributed by atoms with van der Waals surface area (Å²) in [5, 5.41) is 18.0. The van der Waals surface area contributed by atoms with Gasteiger partial charge in [0.05, 0.1) is 30.4 Å². The highest BCUT2D eigenvalue weighted by Gasteiger charge is 2.36. The molecule has 0 radical (unpaired) electrons. The predicted molar refractivity (Wildman–Crippen MR) is 62.6 cm³/mol. The van der Waals surface area contributed by atoms with Gasteiger partial charge in [-0.15, -0.1) is 0 Å². The van der Waals surface area contributed by atoms with Gasteiger partial charge in [0.2, 0.25) is 0 Å². The molecule has 0 saturated heterocycles. The largest absolute Gasteiger partial charge is 0.394 e. The van der Waals surface area contributed by atoms with Crippen LogP contribution in [0.2, 0.25) is 0 Å². The van der Waals surface area contributed by atoms with Crippen LogP contribution in [0.5, 0.6) is 0 Å². The molecule has 0 aliphatic carbocycles. The molecule has 1 aliphatic rings. The molecule has 1 atom stereocenters. The van der Waals surface area contributed by atoms with Crippen molar-refractivity contribution in [1.82, 2.24) is 4.90 Å². The van der Waals surface area contributed by atoms with Gasteiger partial charge in [-0.2, -0.15) is 0 Å². The monoisotopic (exact) mass is 299 g/mol. The highest BCUT2D eigenvalue weighted by atomic mass is 79.9. The van der Waals surface area contributed by atoms with Crippen molar-refractivity contribution >= 4 is 27.7 Å². The van der Waals surface area contributed by atoms with E-state index in [0.29, 0.717) is 15.6 Å². The predicted octanol–water partition coefficient (Wildman–Crippen LogP) is 0.398. The van der Waals surface area contributed by atoms with Gasteiger partial charge in [0.25, 0.3) is 11.8 Å². The minimum atomic E-state index is -1.11. The standard InChI is InChI=1S/C11H10BrNO4/c12-6-1-2-8-9(3-6)11(17)13(10(8)16)4-7(15)5-14/h1-3,7,14-15H,4-5H2. The van der Waals surface area contributed by atoms with E-state index in [2.05, 4.69) is 15.9 Å².